The summed E-state index contributed by atoms with van der Waals surface area (Å²) in [7, 11) is 0. The van der Waals surface area contributed by atoms with E-state index in [-0.39, 0.29) is 5.97 Å². The normalized spacial score (nSPS) is 17.2. The van der Waals surface area contributed by atoms with E-state index >= 15 is 0 Å². The van der Waals surface area contributed by atoms with Gasteiger partial charge in [0.05, 0.1) is 6.61 Å². The number of hydrogen-bond donors (Lipinski definition) is 0. The van der Waals surface area contributed by atoms with E-state index in [4.69, 9.17) is 4.74 Å². The van der Waals surface area contributed by atoms with E-state index in [1.807, 2.05) is 0 Å². The first kappa shape index (κ1) is 16.8. The lowest BCUT2D eigenvalue weighted by molar-refractivity contribution is -0.147. The zero-order valence-corrected chi connectivity index (χ0v) is 15.1. The van der Waals surface area contributed by atoms with Gasteiger partial charge in [0.1, 0.15) is 5.41 Å². The second-order valence-electron chi connectivity index (χ2n) is 6.99. The van der Waals surface area contributed by atoms with Crippen LogP contribution in [0, 0.1) is 27.7 Å². The molecule has 0 bridgehead atoms. The molecule has 126 valence electrons. The third kappa shape index (κ3) is 2.54. The van der Waals surface area contributed by atoms with Gasteiger partial charge in [0.2, 0.25) is 0 Å². The van der Waals surface area contributed by atoms with Gasteiger partial charge in [0, 0.05) is 0 Å². The molecule has 0 unspecified atom stereocenters. The molecule has 3 rings (SSSR count). The smallest absolute Gasteiger partial charge is 0.321 e. The molecule has 0 atom stereocenters. The molecule has 0 spiro atoms. The molecule has 1 fully saturated rings. The molecule has 0 radical (unpaired) electrons. The molecule has 2 aromatic carbocycles. The van der Waals surface area contributed by atoms with Crippen LogP contribution in [0.4, 0.5) is 0 Å². The quantitative estimate of drug-likeness (QED) is 0.733. The maximum Gasteiger partial charge on any atom is 0.321 e. The van der Waals surface area contributed by atoms with E-state index in [9.17, 15) is 4.79 Å². The fourth-order valence-electron chi connectivity index (χ4n) is 3.94. The van der Waals surface area contributed by atoms with Crippen molar-refractivity contribution in [2.75, 3.05) is 6.61 Å². The Morgan fingerprint density at radius 2 is 1.38 bits per heavy atom. The van der Waals surface area contributed by atoms with Crippen LogP contribution in [-0.4, -0.2) is 12.6 Å². The number of benzene rings is 2. The fraction of sp³-hybridized carbons (Fsp3) is 0.409. The van der Waals surface area contributed by atoms with Gasteiger partial charge in [-0.3, -0.25) is 4.79 Å². The van der Waals surface area contributed by atoms with Crippen LogP contribution >= 0.6 is 0 Å². The number of rotatable bonds is 2. The Bertz CT molecular complexity index is 722. The molecule has 1 heterocycles. The predicted molar refractivity (Wildman–Crippen MR) is 97.4 cm³/mol. The number of esters is 1. The summed E-state index contributed by atoms with van der Waals surface area (Å²) in [5.41, 5.74) is 6.33. The third-order valence-electron chi connectivity index (χ3n) is 5.66. The molecule has 24 heavy (non-hydrogen) atoms. The maximum atomic E-state index is 13.2. The first-order chi connectivity index (χ1) is 11.5. The Labute approximate surface area is 144 Å². The van der Waals surface area contributed by atoms with Crippen LogP contribution in [0.1, 0.15) is 52.6 Å². The summed E-state index contributed by atoms with van der Waals surface area (Å²) in [4.78, 5) is 13.2. The predicted octanol–water partition coefficient (Wildman–Crippen LogP) is 4.93. The first-order valence-corrected chi connectivity index (χ1v) is 8.79. The summed E-state index contributed by atoms with van der Waals surface area (Å²) in [5.74, 6) is -0.0950. The Kier molecular flexibility index (Phi) is 4.49. The molecule has 2 nitrogen and oxygen atoms in total. The van der Waals surface area contributed by atoms with Crippen molar-refractivity contribution >= 4 is 5.97 Å². The molecule has 1 aliphatic heterocycles. The van der Waals surface area contributed by atoms with Crippen molar-refractivity contribution in [2.24, 2.45) is 0 Å². The number of aryl methyl sites for hydroxylation is 2. The Hall–Kier alpha value is -2.09. The highest BCUT2D eigenvalue weighted by Crippen LogP contribution is 2.43. The van der Waals surface area contributed by atoms with E-state index < -0.39 is 5.41 Å². The minimum Gasteiger partial charge on any atom is -0.465 e. The highest BCUT2D eigenvalue weighted by atomic mass is 16.5. The second kappa shape index (κ2) is 6.43. The lowest BCUT2D eigenvalue weighted by Gasteiger charge is -2.34. The van der Waals surface area contributed by atoms with Crippen LogP contribution in [-0.2, 0) is 14.9 Å². The summed E-state index contributed by atoms with van der Waals surface area (Å²) in [5, 5.41) is 0. The summed E-state index contributed by atoms with van der Waals surface area (Å²) in [6.45, 7) is 8.98. The van der Waals surface area contributed by atoms with E-state index in [1.54, 1.807) is 0 Å². The molecule has 0 aromatic heterocycles. The zero-order chi connectivity index (χ0) is 17.3. The maximum absolute atomic E-state index is 13.2. The van der Waals surface area contributed by atoms with Gasteiger partial charge in [-0.1, -0.05) is 36.4 Å². The van der Waals surface area contributed by atoms with Gasteiger partial charge in [-0.05, 0) is 80.3 Å². The van der Waals surface area contributed by atoms with Crippen molar-refractivity contribution in [1.82, 2.24) is 0 Å². The zero-order valence-electron chi connectivity index (χ0n) is 15.1. The standard InChI is InChI=1S/C22H26O2/c1-15-9-7-11-19(17(15)3)22(13-5-6-14-24-21(22)23)20-12-8-10-16(2)18(20)4/h7-12H,5-6,13-14H2,1-4H3. The van der Waals surface area contributed by atoms with Crippen LogP contribution in [0.2, 0.25) is 0 Å². The summed E-state index contributed by atoms with van der Waals surface area (Å²) in [6, 6.07) is 12.5. The average Bonchev–Trinajstić information content (AvgIpc) is 2.75. The van der Waals surface area contributed by atoms with Gasteiger partial charge < -0.3 is 4.74 Å². The molecule has 0 amide bonds. The molecular formula is C22H26O2. The second-order valence-corrected chi connectivity index (χ2v) is 6.99. The van der Waals surface area contributed by atoms with E-state index in [1.165, 1.54) is 22.3 Å². The molecule has 0 saturated carbocycles. The molecule has 0 aliphatic carbocycles. The van der Waals surface area contributed by atoms with Crippen LogP contribution in [0.25, 0.3) is 0 Å². The average molecular weight is 322 g/mol. The van der Waals surface area contributed by atoms with Crippen LogP contribution in [0.15, 0.2) is 36.4 Å². The highest BCUT2D eigenvalue weighted by molar-refractivity contribution is 5.89. The van der Waals surface area contributed by atoms with Crippen LogP contribution in [0.3, 0.4) is 0 Å². The molecule has 2 aromatic rings. The number of carbonyl (C=O) groups excluding carboxylic acids is 1. The van der Waals surface area contributed by atoms with Crippen molar-refractivity contribution in [3.8, 4) is 0 Å². The molecular weight excluding hydrogens is 296 g/mol. The molecule has 2 heteroatoms. The minimum absolute atomic E-state index is 0.0950. The van der Waals surface area contributed by atoms with Crippen molar-refractivity contribution < 1.29 is 9.53 Å². The van der Waals surface area contributed by atoms with Gasteiger partial charge in [-0.15, -0.1) is 0 Å². The topological polar surface area (TPSA) is 26.3 Å². The van der Waals surface area contributed by atoms with Gasteiger partial charge >= 0.3 is 5.97 Å². The van der Waals surface area contributed by atoms with Gasteiger partial charge in [0.25, 0.3) is 0 Å². The summed E-state index contributed by atoms with van der Waals surface area (Å²) in [6.07, 6.45) is 2.73. The Morgan fingerprint density at radius 3 is 1.92 bits per heavy atom. The highest BCUT2D eigenvalue weighted by Gasteiger charge is 2.46. The lowest BCUT2D eigenvalue weighted by atomic mass is 9.68. The van der Waals surface area contributed by atoms with Crippen molar-refractivity contribution in [3.63, 3.8) is 0 Å². The number of ether oxygens (including phenoxy) is 1. The van der Waals surface area contributed by atoms with Crippen molar-refractivity contribution in [2.45, 2.75) is 52.4 Å². The van der Waals surface area contributed by atoms with E-state index in [2.05, 4.69) is 64.1 Å². The van der Waals surface area contributed by atoms with Crippen LogP contribution in [0.5, 0.6) is 0 Å². The third-order valence-corrected chi connectivity index (χ3v) is 5.66. The van der Waals surface area contributed by atoms with Gasteiger partial charge in [0.15, 0.2) is 0 Å². The minimum atomic E-state index is -0.692. The monoisotopic (exact) mass is 322 g/mol. The van der Waals surface area contributed by atoms with Crippen molar-refractivity contribution in [3.05, 3.63) is 69.8 Å². The van der Waals surface area contributed by atoms with Crippen molar-refractivity contribution in [1.29, 1.82) is 0 Å². The number of hydrogen-bond acceptors (Lipinski definition) is 2. The SMILES string of the molecule is Cc1cccc(C2(c3cccc(C)c3C)CCCCOC2=O)c1C. The van der Waals surface area contributed by atoms with E-state index in [0.717, 1.165) is 30.4 Å². The fourth-order valence-corrected chi connectivity index (χ4v) is 3.94. The van der Waals surface area contributed by atoms with E-state index in [0.29, 0.717) is 6.61 Å². The molecule has 0 N–H and O–H groups in total. The number of carbonyl (C=O) groups is 1. The summed E-state index contributed by atoms with van der Waals surface area (Å²) < 4.78 is 5.68. The molecule has 1 aliphatic rings. The lowest BCUT2D eigenvalue weighted by Crippen LogP contribution is -2.39. The number of cyclic esters (lactones) is 1. The Morgan fingerprint density at radius 1 is 0.833 bits per heavy atom. The van der Waals surface area contributed by atoms with Gasteiger partial charge in [-0.2, -0.15) is 0 Å². The Balaban J connectivity index is 2.35. The molecule has 1 saturated heterocycles. The summed E-state index contributed by atoms with van der Waals surface area (Å²) >= 11 is 0. The first-order valence-electron chi connectivity index (χ1n) is 8.79. The largest absolute Gasteiger partial charge is 0.465 e. The van der Waals surface area contributed by atoms with Crippen LogP contribution < -0.4 is 0 Å². The van der Waals surface area contributed by atoms with Gasteiger partial charge in [-0.25, -0.2) is 0 Å².